The van der Waals surface area contributed by atoms with E-state index in [4.69, 9.17) is 9.47 Å². The molecule has 148 valence electrons. The quantitative estimate of drug-likeness (QED) is 0.608. The zero-order valence-corrected chi connectivity index (χ0v) is 17.1. The van der Waals surface area contributed by atoms with Gasteiger partial charge < -0.3 is 19.7 Å². The van der Waals surface area contributed by atoms with Gasteiger partial charge in [0.05, 0.1) is 24.4 Å². The first-order valence-corrected chi connectivity index (χ1v) is 10.4. The average molecular weight is 365 g/mol. The van der Waals surface area contributed by atoms with E-state index in [1.807, 2.05) is 7.05 Å². The van der Waals surface area contributed by atoms with Crippen LogP contribution >= 0.6 is 0 Å². The monoisotopic (exact) mass is 364 g/mol. The zero-order chi connectivity index (χ0) is 18.5. The van der Waals surface area contributed by atoms with Gasteiger partial charge in [-0.15, -0.1) is 0 Å². The molecule has 6 unspecified atom stereocenters. The largest absolute Gasteiger partial charge is 0.374 e. The molecule has 26 heavy (non-hydrogen) atoms. The van der Waals surface area contributed by atoms with E-state index in [1.54, 1.807) is 0 Å². The van der Waals surface area contributed by atoms with Crippen molar-refractivity contribution in [3.8, 4) is 0 Å². The number of morpholine rings is 1. The summed E-state index contributed by atoms with van der Waals surface area (Å²) in [5.41, 5.74) is 0.0694. The molecule has 2 bridgehead atoms. The molecule has 4 fully saturated rings. The van der Waals surface area contributed by atoms with E-state index in [0.717, 1.165) is 38.7 Å². The van der Waals surface area contributed by atoms with E-state index in [0.29, 0.717) is 36.3 Å². The van der Waals surface area contributed by atoms with Gasteiger partial charge in [-0.1, -0.05) is 0 Å². The Morgan fingerprint density at radius 2 is 1.58 bits per heavy atom. The van der Waals surface area contributed by atoms with Crippen LogP contribution in [-0.2, 0) is 9.47 Å². The summed E-state index contributed by atoms with van der Waals surface area (Å²) < 4.78 is 12.0. The van der Waals surface area contributed by atoms with Crippen LogP contribution in [0, 0.1) is 11.8 Å². The van der Waals surface area contributed by atoms with Crippen LogP contribution < -0.4 is 5.32 Å². The lowest BCUT2D eigenvalue weighted by Gasteiger charge is -2.45. The number of rotatable bonds is 3. The summed E-state index contributed by atoms with van der Waals surface area (Å²) >= 11 is 0. The SMILES string of the molecule is CN=C(NCC(C)(C)N1CC(C)OC(C)C1)N1CC2C3CCC(O3)C2C1. The highest BCUT2D eigenvalue weighted by Gasteiger charge is 2.53. The van der Waals surface area contributed by atoms with Gasteiger partial charge in [0.15, 0.2) is 5.96 Å². The standard InChI is InChI=1S/C20H36N4O2/c1-13-8-24(9-14(2)25-13)20(3,4)12-22-19(21-5)23-10-15-16(11-23)18-7-6-17(15)26-18/h13-18H,6-12H2,1-5H3,(H,21,22). The molecule has 0 aromatic carbocycles. The highest BCUT2D eigenvalue weighted by Crippen LogP contribution is 2.47. The smallest absolute Gasteiger partial charge is 0.193 e. The normalized spacial score (nSPS) is 41.0. The van der Waals surface area contributed by atoms with E-state index in [2.05, 4.69) is 47.8 Å². The van der Waals surface area contributed by atoms with Gasteiger partial charge in [0.2, 0.25) is 0 Å². The van der Waals surface area contributed by atoms with E-state index in [9.17, 15) is 0 Å². The number of nitrogens with zero attached hydrogens (tertiary/aromatic N) is 3. The minimum absolute atomic E-state index is 0.0694. The van der Waals surface area contributed by atoms with Crippen LogP contribution in [0.5, 0.6) is 0 Å². The number of ether oxygens (including phenoxy) is 2. The molecule has 0 radical (unpaired) electrons. The van der Waals surface area contributed by atoms with Crippen molar-refractivity contribution in [2.75, 3.05) is 39.8 Å². The summed E-state index contributed by atoms with van der Waals surface area (Å²) in [5, 5.41) is 3.67. The lowest BCUT2D eigenvalue weighted by molar-refractivity contribution is -0.0947. The molecule has 4 saturated heterocycles. The molecule has 6 atom stereocenters. The van der Waals surface area contributed by atoms with E-state index >= 15 is 0 Å². The third kappa shape index (κ3) is 3.36. The zero-order valence-electron chi connectivity index (χ0n) is 17.1. The lowest BCUT2D eigenvalue weighted by atomic mass is 9.82. The van der Waals surface area contributed by atoms with Gasteiger partial charge in [0, 0.05) is 57.1 Å². The number of hydrogen-bond acceptors (Lipinski definition) is 4. The fourth-order valence-electron chi connectivity index (χ4n) is 5.54. The molecule has 1 N–H and O–H groups in total. The number of likely N-dealkylation sites (tertiary alicyclic amines) is 1. The Hall–Kier alpha value is -0.850. The molecule has 0 amide bonds. The Morgan fingerprint density at radius 3 is 2.12 bits per heavy atom. The van der Waals surface area contributed by atoms with Crippen molar-refractivity contribution in [1.29, 1.82) is 0 Å². The number of guanidine groups is 1. The predicted molar refractivity (Wildman–Crippen MR) is 103 cm³/mol. The molecule has 0 aromatic rings. The summed E-state index contributed by atoms with van der Waals surface area (Å²) in [6, 6.07) is 0. The Bertz CT molecular complexity index is 524. The van der Waals surface area contributed by atoms with Crippen molar-refractivity contribution in [2.45, 2.75) is 70.5 Å². The third-order valence-corrected chi connectivity index (χ3v) is 6.92. The van der Waals surface area contributed by atoms with Crippen LogP contribution in [0.4, 0.5) is 0 Å². The molecular formula is C20H36N4O2. The number of aliphatic imine (C=N–C) groups is 1. The molecule has 0 aromatic heterocycles. The second-order valence-electron chi connectivity index (χ2n) is 9.40. The molecule has 0 saturated carbocycles. The van der Waals surface area contributed by atoms with E-state index in [-0.39, 0.29) is 5.54 Å². The molecule has 6 nitrogen and oxygen atoms in total. The lowest BCUT2D eigenvalue weighted by Crippen LogP contribution is -2.59. The van der Waals surface area contributed by atoms with Crippen molar-refractivity contribution >= 4 is 5.96 Å². The Morgan fingerprint density at radius 1 is 1.00 bits per heavy atom. The van der Waals surface area contributed by atoms with Crippen molar-refractivity contribution in [3.63, 3.8) is 0 Å². The Labute approximate surface area is 158 Å². The average Bonchev–Trinajstić information content (AvgIpc) is 3.27. The van der Waals surface area contributed by atoms with Crippen LogP contribution in [0.3, 0.4) is 0 Å². The molecule has 4 aliphatic rings. The summed E-state index contributed by atoms with van der Waals surface area (Å²) in [5.74, 6) is 2.48. The molecule has 0 spiro atoms. The molecular weight excluding hydrogens is 328 g/mol. The first-order valence-electron chi connectivity index (χ1n) is 10.4. The third-order valence-electron chi connectivity index (χ3n) is 6.92. The van der Waals surface area contributed by atoms with Gasteiger partial charge in [-0.3, -0.25) is 9.89 Å². The minimum atomic E-state index is 0.0694. The van der Waals surface area contributed by atoms with Gasteiger partial charge in [-0.05, 0) is 40.5 Å². The van der Waals surface area contributed by atoms with E-state index in [1.165, 1.54) is 12.8 Å². The Balaban J connectivity index is 1.34. The fraction of sp³-hybridized carbons (Fsp3) is 0.950. The maximum atomic E-state index is 6.11. The summed E-state index contributed by atoms with van der Waals surface area (Å²) in [4.78, 5) is 9.61. The highest BCUT2D eigenvalue weighted by atomic mass is 16.5. The maximum absolute atomic E-state index is 6.11. The van der Waals surface area contributed by atoms with Crippen LogP contribution in [0.1, 0.15) is 40.5 Å². The first kappa shape index (κ1) is 18.5. The van der Waals surface area contributed by atoms with Gasteiger partial charge >= 0.3 is 0 Å². The number of nitrogens with one attached hydrogen (secondary N) is 1. The second kappa shape index (κ2) is 6.95. The van der Waals surface area contributed by atoms with Crippen molar-refractivity contribution in [2.24, 2.45) is 16.8 Å². The molecule has 6 heteroatoms. The first-order chi connectivity index (χ1) is 12.4. The topological polar surface area (TPSA) is 49.3 Å². The molecule has 4 rings (SSSR count). The second-order valence-corrected chi connectivity index (χ2v) is 9.40. The predicted octanol–water partition coefficient (Wildman–Crippen LogP) is 1.56. The molecule has 4 heterocycles. The molecule has 4 aliphatic heterocycles. The van der Waals surface area contributed by atoms with Gasteiger partial charge in [0.1, 0.15) is 0 Å². The minimum Gasteiger partial charge on any atom is -0.374 e. The summed E-state index contributed by atoms with van der Waals surface area (Å²) in [6.07, 6.45) is 4.11. The van der Waals surface area contributed by atoms with Gasteiger partial charge in [-0.25, -0.2) is 0 Å². The van der Waals surface area contributed by atoms with Crippen LogP contribution in [0.15, 0.2) is 4.99 Å². The van der Waals surface area contributed by atoms with Crippen LogP contribution in [-0.4, -0.2) is 85.5 Å². The van der Waals surface area contributed by atoms with Gasteiger partial charge in [-0.2, -0.15) is 0 Å². The van der Waals surface area contributed by atoms with E-state index < -0.39 is 0 Å². The van der Waals surface area contributed by atoms with Gasteiger partial charge in [0.25, 0.3) is 0 Å². The van der Waals surface area contributed by atoms with Crippen LogP contribution in [0.25, 0.3) is 0 Å². The highest BCUT2D eigenvalue weighted by molar-refractivity contribution is 5.80. The van der Waals surface area contributed by atoms with Crippen molar-refractivity contribution < 1.29 is 9.47 Å². The Kier molecular flexibility index (Phi) is 4.95. The van der Waals surface area contributed by atoms with Crippen molar-refractivity contribution in [1.82, 2.24) is 15.1 Å². The maximum Gasteiger partial charge on any atom is 0.193 e. The summed E-state index contributed by atoms with van der Waals surface area (Å²) in [6.45, 7) is 14.1. The number of fused-ring (bicyclic) bond motifs is 5. The van der Waals surface area contributed by atoms with Crippen molar-refractivity contribution in [3.05, 3.63) is 0 Å². The summed E-state index contributed by atoms with van der Waals surface area (Å²) in [7, 11) is 1.91. The molecule has 0 aliphatic carbocycles. The fourth-order valence-corrected chi connectivity index (χ4v) is 5.54. The van der Waals surface area contributed by atoms with Crippen LogP contribution in [0.2, 0.25) is 0 Å². The number of hydrogen-bond donors (Lipinski definition) is 1.